The van der Waals surface area contributed by atoms with Crippen molar-refractivity contribution in [2.24, 2.45) is 0 Å². The van der Waals surface area contributed by atoms with Gasteiger partial charge in [0.1, 0.15) is 12.4 Å². The Labute approximate surface area is 184 Å². The van der Waals surface area contributed by atoms with E-state index in [-0.39, 0.29) is 5.69 Å². The van der Waals surface area contributed by atoms with Crippen LogP contribution in [0, 0.1) is 21.4 Å². The molecule has 0 saturated carbocycles. The van der Waals surface area contributed by atoms with Gasteiger partial charge in [0, 0.05) is 12.1 Å². The van der Waals surface area contributed by atoms with Crippen molar-refractivity contribution >= 4 is 49.2 Å². The van der Waals surface area contributed by atoms with Crippen LogP contribution in [0.1, 0.15) is 16.7 Å². The van der Waals surface area contributed by atoms with Gasteiger partial charge in [-0.05, 0) is 66.8 Å². The van der Waals surface area contributed by atoms with E-state index in [0.717, 1.165) is 20.1 Å². The maximum Gasteiger partial charge on any atom is 0.270 e. The summed E-state index contributed by atoms with van der Waals surface area (Å²) >= 11 is 7.03. The van der Waals surface area contributed by atoms with Crippen LogP contribution in [-0.4, -0.2) is 4.92 Å². The van der Waals surface area contributed by atoms with Crippen molar-refractivity contribution in [3.05, 3.63) is 102 Å². The van der Waals surface area contributed by atoms with Crippen molar-refractivity contribution in [1.29, 1.82) is 5.26 Å². The van der Waals surface area contributed by atoms with Gasteiger partial charge in [0.15, 0.2) is 0 Å². The minimum absolute atomic E-state index is 0.0596. The number of halogens is 2. The molecular formula is C22H14Br2N2O3. The Morgan fingerprint density at radius 1 is 1.07 bits per heavy atom. The van der Waals surface area contributed by atoms with Gasteiger partial charge >= 0.3 is 0 Å². The molecule has 3 aromatic rings. The molecule has 3 aromatic carbocycles. The first-order valence-corrected chi connectivity index (χ1v) is 10.1. The highest BCUT2D eigenvalue weighted by atomic mass is 79.9. The highest BCUT2D eigenvalue weighted by Gasteiger charge is 2.12. The normalized spacial score (nSPS) is 11.0. The van der Waals surface area contributed by atoms with Gasteiger partial charge in [-0.2, -0.15) is 5.26 Å². The number of rotatable bonds is 6. The van der Waals surface area contributed by atoms with Crippen molar-refractivity contribution < 1.29 is 9.66 Å². The molecule has 0 spiro atoms. The summed E-state index contributed by atoms with van der Waals surface area (Å²) in [6, 6.07) is 21.6. The average Bonchev–Trinajstić information content (AvgIpc) is 2.72. The number of hydrogen-bond acceptors (Lipinski definition) is 4. The van der Waals surface area contributed by atoms with Crippen LogP contribution in [0.25, 0.3) is 11.6 Å². The number of ether oxygens (including phenoxy) is 1. The summed E-state index contributed by atoms with van der Waals surface area (Å²) in [5.41, 5.74) is 2.55. The first-order chi connectivity index (χ1) is 14.0. The van der Waals surface area contributed by atoms with Gasteiger partial charge in [-0.15, -0.1) is 0 Å². The molecule has 0 aliphatic heterocycles. The lowest BCUT2D eigenvalue weighted by Gasteiger charge is -2.12. The third-order valence-corrected chi connectivity index (χ3v) is 5.22. The zero-order valence-electron chi connectivity index (χ0n) is 15.0. The van der Waals surface area contributed by atoms with E-state index in [9.17, 15) is 15.4 Å². The zero-order valence-corrected chi connectivity index (χ0v) is 18.2. The molecule has 0 fully saturated rings. The molecule has 0 saturated heterocycles. The Morgan fingerprint density at radius 3 is 2.38 bits per heavy atom. The molecule has 0 unspecified atom stereocenters. The first-order valence-electron chi connectivity index (χ1n) is 8.50. The molecular weight excluding hydrogens is 500 g/mol. The zero-order chi connectivity index (χ0) is 20.8. The maximum atomic E-state index is 11.0. The van der Waals surface area contributed by atoms with Crippen LogP contribution in [0.5, 0.6) is 5.75 Å². The van der Waals surface area contributed by atoms with Crippen LogP contribution in [0.3, 0.4) is 0 Å². The van der Waals surface area contributed by atoms with Crippen LogP contribution in [-0.2, 0) is 6.61 Å². The highest BCUT2D eigenvalue weighted by Crippen LogP contribution is 2.36. The third-order valence-electron chi connectivity index (χ3n) is 4.05. The van der Waals surface area contributed by atoms with Crippen LogP contribution < -0.4 is 4.74 Å². The van der Waals surface area contributed by atoms with Gasteiger partial charge in [-0.1, -0.05) is 42.5 Å². The molecule has 5 nitrogen and oxygen atoms in total. The summed E-state index contributed by atoms with van der Waals surface area (Å²) in [6.07, 6.45) is 1.68. The number of hydrogen-bond donors (Lipinski definition) is 0. The van der Waals surface area contributed by atoms with Crippen LogP contribution >= 0.6 is 31.9 Å². The minimum atomic E-state index is -0.482. The highest BCUT2D eigenvalue weighted by molar-refractivity contribution is 9.11. The fraction of sp³-hybridized carbons (Fsp3) is 0.0455. The van der Waals surface area contributed by atoms with E-state index >= 15 is 0 Å². The number of allylic oxidation sites excluding steroid dienone is 1. The summed E-state index contributed by atoms with van der Waals surface area (Å²) in [7, 11) is 0. The third kappa shape index (κ3) is 5.31. The van der Waals surface area contributed by atoms with Crippen molar-refractivity contribution in [3.63, 3.8) is 0 Å². The molecule has 0 radical (unpaired) electrons. The van der Waals surface area contributed by atoms with Gasteiger partial charge in [0.2, 0.25) is 0 Å². The molecule has 0 aromatic heterocycles. The maximum absolute atomic E-state index is 11.0. The largest absolute Gasteiger partial charge is 0.487 e. The molecule has 7 heteroatoms. The monoisotopic (exact) mass is 512 g/mol. The summed E-state index contributed by atoms with van der Waals surface area (Å²) in [4.78, 5) is 10.5. The Bertz CT molecular complexity index is 1100. The summed E-state index contributed by atoms with van der Waals surface area (Å²) in [5.74, 6) is 0.653. The van der Waals surface area contributed by atoms with Gasteiger partial charge in [0.25, 0.3) is 5.69 Å². The second kappa shape index (κ2) is 9.50. The quantitative estimate of drug-likeness (QED) is 0.158. The fourth-order valence-corrected chi connectivity index (χ4v) is 4.12. The second-order valence-electron chi connectivity index (χ2n) is 6.07. The van der Waals surface area contributed by atoms with Gasteiger partial charge in [-0.25, -0.2) is 0 Å². The summed E-state index contributed by atoms with van der Waals surface area (Å²) < 4.78 is 7.37. The topological polar surface area (TPSA) is 76.2 Å². The average molecular weight is 514 g/mol. The predicted molar refractivity (Wildman–Crippen MR) is 119 cm³/mol. The predicted octanol–water partition coefficient (Wildman–Crippen LogP) is 6.76. The van der Waals surface area contributed by atoms with Gasteiger partial charge in [0.05, 0.1) is 25.5 Å². The number of nitro benzene ring substituents is 1. The number of non-ortho nitro benzene ring substituents is 1. The van der Waals surface area contributed by atoms with Crippen LogP contribution in [0.15, 0.2) is 75.7 Å². The summed E-state index contributed by atoms with van der Waals surface area (Å²) in [5, 5.41) is 20.5. The van der Waals surface area contributed by atoms with E-state index in [1.165, 1.54) is 12.1 Å². The van der Waals surface area contributed by atoms with E-state index in [1.54, 1.807) is 18.2 Å². The Hall–Kier alpha value is -2.95. The molecule has 3 rings (SSSR count). The molecule has 0 amide bonds. The molecule has 0 heterocycles. The lowest BCUT2D eigenvalue weighted by Crippen LogP contribution is -1.97. The van der Waals surface area contributed by atoms with Crippen molar-refractivity contribution in [2.75, 3.05) is 0 Å². The van der Waals surface area contributed by atoms with Crippen molar-refractivity contribution in [1.82, 2.24) is 0 Å². The van der Waals surface area contributed by atoms with Gasteiger partial charge in [-0.3, -0.25) is 10.1 Å². The molecule has 144 valence electrons. The number of nitro groups is 1. The Kier molecular flexibility index (Phi) is 6.81. The molecule has 0 N–H and O–H groups in total. The van der Waals surface area contributed by atoms with E-state index < -0.39 is 4.92 Å². The summed E-state index contributed by atoms with van der Waals surface area (Å²) in [6.45, 7) is 0.421. The van der Waals surface area contributed by atoms with Crippen molar-refractivity contribution in [2.45, 2.75) is 6.61 Å². The number of nitrogens with zero attached hydrogens (tertiary/aromatic N) is 2. The Morgan fingerprint density at radius 2 is 1.76 bits per heavy atom. The molecule has 0 atom stereocenters. The van der Waals surface area contributed by atoms with E-state index in [0.29, 0.717) is 23.5 Å². The minimum Gasteiger partial charge on any atom is -0.487 e. The molecule has 0 bridgehead atoms. The number of nitriles is 1. The molecule has 29 heavy (non-hydrogen) atoms. The van der Waals surface area contributed by atoms with Gasteiger partial charge < -0.3 is 4.74 Å². The fourth-order valence-electron chi connectivity index (χ4n) is 2.66. The van der Waals surface area contributed by atoms with E-state index in [1.807, 2.05) is 42.5 Å². The SMILES string of the molecule is N#C/C(=C/c1cc(Br)c(OCc2ccccc2)c(Br)c1)c1cccc([N+](=O)[O-])c1. The molecule has 0 aliphatic rings. The van der Waals surface area contributed by atoms with Crippen molar-refractivity contribution in [3.8, 4) is 11.8 Å². The van der Waals surface area contributed by atoms with E-state index in [4.69, 9.17) is 4.74 Å². The standard InChI is InChI=1S/C22H14Br2N2O3/c23-20-10-16(9-18(13-25)17-7-4-8-19(12-17)26(27)28)11-21(24)22(20)29-14-15-5-2-1-3-6-15/h1-12H,14H2/b18-9-. The Balaban J connectivity index is 1.88. The van der Waals surface area contributed by atoms with E-state index in [2.05, 4.69) is 37.9 Å². The van der Waals surface area contributed by atoms with Crippen LogP contribution in [0.2, 0.25) is 0 Å². The molecule has 0 aliphatic carbocycles. The number of benzene rings is 3. The lowest BCUT2D eigenvalue weighted by atomic mass is 10.0. The smallest absolute Gasteiger partial charge is 0.270 e. The first kappa shape index (κ1) is 20.8. The lowest BCUT2D eigenvalue weighted by molar-refractivity contribution is -0.384. The second-order valence-corrected chi connectivity index (χ2v) is 7.77. The van der Waals surface area contributed by atoms with Crippen LogP contribution in [0.4, 0.5) is 5.69 Å².